The fourth-order valence-electron chi connectivity index (χ4n) is 3.09. The summed E-state index contributed by atoms with van der Waals surface area (Å²) in [5.74, 6) is 0. The lowest BCUT2D eigenvalue weighted by Gasteiger charge is -2.21. The molecule has 5 heteroatoms. The van der Waals surface area contributed by atoms with Crippen molar-refractivity contribution in [2.45, 2.75) is 78.6 Å². The number of ether oxygens (including phenoxy) is 1. The van der Waals surface area contributed by atoms with E-state index in [4.69, 9.17) is 4.74 Å². The Balaban J connectivity index is 1.89. The second-order valence-corrected chi connectivity index (χ2v) is 7.56. The minimum atomic E-state index is -0.461. The summed E-state index contributed by atoms with van der Waals surface area (Å²) in [6.45, 7) is 13.9. The number of carbonyl (C=O) groups excluding carboxylic acids is 1. The first-order valence-corrected chi connectivity index (χ1v) is 8.27. The Labute approximate surface area is 139 Å². The zero-order valence-electron chi connectivity index (χ0n) is 15.3. The molecular formula is C18H29N3O2. The van der Waals surface area contributed by atoms with Crippen LogP contribution in [0.15, 0.2) is 6.07 Å². The number of carbonyl (C=O) groups is 1. The highest BCUT2D eigenvalue weighted by molar-refractivity contribution is 5.68. The number of aromatic nitrogens is 1. The molecule has 1 aliphatic rings. The van der Waals surface area contributed by atoms with Gasteiger partial charge in [-0.3, -0.25) is 4.98 Å². The average molecular weight is 319 g/mol. The molecular weight excluding hydrogens is 290 g/mol. The fourth-order valence-corrected chi connectivity index (χ4v) is 3.09. The Morgan fingerprint density at radius 3 is 2.52 bits per heavy atom. The molecule has 0 aromatic carbocycles. The van der Waals surface area contributed by atoms with Crippen LogP contribution in [0.2, 0.25) is 0 Å². The Morgan fingerprint density at radius 2 is 1.96 bits per heavy atom. The normalized spacial score (nSPS) is 21.7. The largest absolute Gasteiger partial charge is 0.444 e. The van der Waals surface area contributed by atoms with Gasteiger partial charge in [0.05, 0.1) is 0 Å². The van der Waals surface area contributed by atoms with E-state index in [2.05, 4.69) is 42.5 Å². The van der Waals surface area contributed by atoms with E-state index in [0.29, 0.717) is 0 Å². The van der Waals surface area contributed by atoms with Crippen LogP contribution in [0.5, 0.6) is 0 Å². The highest BCUT2D eigenvalue weighted by atomic mass is 16.6. The first-order valence-electron chi connectivity index (χ1n) is 8.27. The summed E-state index contributed by atoms with van der Waals surface area (Å²) in [5.41, 5.74) is 4.16. The number of aryl methyl sites for hydroxylation is 3. The summed E-state index contributed by atoms with van der Waals surface area (Å²) in [6.07, 6.45) is 0.588. The Kier molecular flexibility index (Phi) is 4.99. The fraction of sp³-hybridized carbons (Fsp3) is 0.667. The third-order valence-corrected chi connectivity index (χ3v) is 3.97. The number of rotatable bonds is 4. The van der Waals surface area contributed by atoms with Crippen molar-refractivity contribution in [3.63, 3.8) is 0 Å². The molecule has 1 heterocycles. The van der Waals surface area contributed by atoms with E-state index >= 15 is 0 Å². The zero-order valence-corrected chi connectivity index (χ0v) is 15.3. The van der Waals surface area contributed by atoms with Crippen LogP contribution in [0.3, 0.4) is 0 Å². The van der Waals surface area contributed by atoms with Gasteiger partial charge in [-0.05, 0) is 72.1 Å². The van der Waals surface area contributed by atoms with E-state index in [1.165, 1.54) is 11.1 Å². The SMILES string of the molecule is Cc1cc(C)c(C(C)NC2CC2NC(=O)OC(C)(C)C)c(C)n1. The van der Waals surface area contributed by atoms with E-state index in [9.17, 15) is 4.79 Å². The molecule has 2 rings (SSSR count). The van der Waals surface area contributed by atoms with Crippen LogP contribution in [0, 0.1) is 20.8 Å². The third-order valence-electron chi connectivity index (χ3n) is 3.97. The standard InChI is InChI=1S/C18H29N3O2/c1-10-8-11(2)19-12(3)16(10)13(4)20-14-9-15(14)21-17(22)23-18(5,6)7/h8,13-15,20H,9H2,1-7H3,(H,21,22). The molecule has 1 aromatic heterocycles. The number of amides is 1. The minimum Gasteiger partial charge on any atom is -0.444 e. The van der Waals surface area contributed by atoms with Crippen LogP contribution in [0.4, 0.5) is 4.79 Å². The van der Waals surface area contributed by atoms with Crippen molar-refractivity contribution in [2.24, 2.45) is 0 Å². The molecule has 128 valence electrons. The van der Waals surface area contributed by atoms with Crippen molar-refractivity contribution in [2.75, 3.05) is 0 Å². The van der Waals surface area contributed by atoms with Gasteiger partial charge in [-0.15, -0.1) is 0 Å². The van der Waals surface area contributed by atoms with Gasteiger partial charge in [-0.2, -0.15) is 0 Å². The van der Waals surface area contributed by atoms with Gasteiger partial charge in [-0.25, -0.2) is 4.79 Å². The lowest BCUT2D eigenvalue weighted by atomic mass is 10.0. The van der Waals surface area contributed by atoms with Crippen molar-refractivity contribution in [3.8, 4) is 0 Å². The predicted octanol–water partition coefficient (Wildman–Crippen LogP) is 3.32. The minimum absolute atomic E-state index is 0.145. The van der Waals surface area contributed by atoms with Crippen molar-refractivity contribution in [1.29, 1.82) is 0 Å². The van der Waals surface area contributed by atoms with Crippen LogP contribution in [-0.2, 0) is 4.74 Å². The Morgan fingerprint density at radius 1 is 1.30 bits per heavy atom. The maximum Gasteiger partial charge on any atom is 0.407 e. The van der Waals surface area contributed by atoms with Crippen LogP contribution >= 0.6 is 0 Å². The molecule has 0 bridgehead atoms. The van der Waals surface area contributed by atoms with Crippen molar-refractivity contribution in [3.05, 3.63) is 28.6 Å². The zero-order chi connectivity index (χ0) is 17.4. The predicted molar refractivity (Wildman–Crippen MR) is 91.6 cm³/mol. The summed E-state index contributed by atoms with van der Waals surface area (Å²) < 4.78 is 5.29. The molecule has 1 aliphatic carbocycles. The molecule has 0 radical (unpaired) electrons. The topological polar surface area (TPSA) is 63.2 Å². The quantitative estimate of drug-likeness (QED) is 0.893. The van der Waals surface area contributed by atoms with E-state index in [0.717, 1.165) is 17.8 Å². The summed E-state index contributed by atoms with van der Waals surface area (Å²) >= 11 is 0. The smallest absolute Gasteiger partial charge is 0.407 e. The number of pyridine rings is 1. The molecule has 1 aromatic rings. The Bertz CT molecular complexity index is 569. The van der Waals surface area contributed by atoms with Crippen LogP contribution in [0.25, 0.3) is 0 Å². The van der Waals surface area contributed by atoms with Crippen LogP contribution in [0.1, 0.15) is 62.7 Å². The molecule has 3 atom stereocenters. The molecule has 1 amide bonds. The molecule has 1 fully saturated rings. The number of nitrogens with one attached hydrogen (secondary N) is 2. The molecule has 0 spiro atoms. The second kappa shape index (κ2) is 6.48. The summed E-state index contributed by atoms with van der Waals surface area (Å²) in [7, 11) is 0. The first-order chi connectivity index (χ1) is 10.6. The van der Waals surface area contributed by atoms with Crippen LogP contribution in [-0.4, -0.2) is 28.8 Å². The molecule has 0 saturated heterocycles. The maximum atomic E-state index is 11.8. The monoisotopic (exact) mass is 319 g/mol. The first kappa shape index (κ1) is 17.7. The summed E-state index contributed by atoms with van der Waals surface area (Å²) in [5, 5.41) is 6.50. The second-order valence-electron chi connectivity index (χ2n) is 7.56. The van der Waals surface area contributed by atoms with Gasteiger partial charge < -0.3 is 15.4 Å². The van der Waals surface area contributed by atoms with Crippen molar-refractivity contribution >= 4 is 6.09 Å². The molecule has 2 N–H and O–H groups in total. The van der Waals surface area contributed by atoms with Gasteiger partial charge in [0.2, 0.25) is 0 Å². The Hall–Kier alpha value is -1.62. The number of nitrogens with zero attached hydrogens (tertiary/aromatic N) is 1. The van der Waals surface area contributed by atoms with Crippen LogP contribution < -0.4 is 10.6 Å². The highest BCUT2D eigenvalue weighted by Gasteiger charge is 2.40. The van der Waals surface area contributed by atoms with Gasteiger partial charge in [0.15, 0.2) is 0 Å². The molecule has 0 aliphatic heterocycles. The van der Waals surface area contributed by atoms with E-state index < -0.39 is 5.60 Å². The maximum absolute atomic E-state index is 11.8. The molecule has 5 nitrogen and oxygen atoms in total. The van der Waals surface area contributed by atoms with E-state index in [1.807, 2.05) is 27.7 Å². The lowest BCUT2D eigenvalue weighted by Crippen LogP contribution is -2.37. The molecule has 23 heavy (non-hydrogen) atoms. The number of hydrogen-bond donors (Lipinski definition) is 2. The third kappa shape index (κ3) is 4.93. The molecule has 3 unspecified atom stereocenters. The number of hydrogen-bond acceptors (Lipinski definition) is 4. The average Bonchev–Trinajstić information content (AvgIpc) is 3.02. The van der Waals surface area contributed by atoms with Gasteiger partial charge in [0, 0.05) is 29.5 Å². The summed E-state index contributed by atoms with van der Waals surface area (Å²) in [6, 6.07) is 2.76. The van der Waals surface area contributed by atoms with Gasteiger partial charge in [0.25, 0.3) is 0 Å². The summed E-state index contributed by atoms with van der Waals surface area (Å²) in [4.78, 5) is 16.3. The van der Waals surface area contributed by atoms with Gasteiger partial charge in [0.1, 0.15) is 5.60 Å². The number of alkyl carbamates (subject to hydrolysis) is 1. The lowest BCUT2D eigenvalue weighted by molar-refractivity contribution is 0.0522. The highest BCUT2D eigenvalue weighted by Crippen LogP contribution is 2.28. The van der Waals surface area contributed by atoms with Gasteiger partial charge in [-0.1, -0.05) is 0 Å². The van der Waals surface area contributed by atoms with E-state index in [1.54, 1.807) is 0 Å². The molecule has 1 saturated carbocycles. The van der Waals surface area contributed by atoms with Gasteiger partial charge >= 0.3 is 6.09 Å². The van der Waals surface area contributed by atoms with E-state index in [-0.39, 0.29) is 24.2 Å². The van der Waals surface area contributed by atoms with Crippen molar-refractivity contribution < 1.29 is 9.53 Å². The van der Waals surface area contributed by atoms with Crippen molar-refractivity contribution in [1.82, 2.24) is 15.6 Å².